The average molecular weight is 364 g/mol. The van der Waals surface area contributed by atoms with Gasteiger partial charge in [0.15, 0.2) is 0 Å². The first-order valence-electron chi connectivity index (χ1n) is 9.14. The number of benzene rings is 2. The van der Waals surface area contributed by atoms with Crippen LogP contribution >= 0.6 is 0 Å². The van der Waals surface area contributed by atoms with E-state index in [4.69, 9.17) is 0 Å². The highest BCUT2D eigenvalue weighted by Crippen LogP contribution is 2.18. The Morgan fingerprint density at radius 3 is 2.74 bits per heavy atom. The second-order valence-electron chi connectivity index (χ2n) is 6.52. The van der Waals surface area contributed by atoms with Gasteiger partial charge in [0, 0.05) is 25.5 Å². The van der Waals surface area contributed by atoms with Gasteiger partial charge in [-0.15, -0.1) is 0 Å². The lowest BCUT2D eigenvalue weighted by Crippen LogP contribution is -2.45. The molecule has 0 aliphatic rings. The van der Waals surface area contributed by atoms with Crippen molar-refractivity contribution in [1.29, 1.82) is 0 Å². The van der Waals surface area contributed by atoms with E-state index in [1.807, 2.05) is 59.4 Å². The van der Waals surface area contributed by atoms with Gasteiger partial charge in [0.1, 0.15) is 6.04 Å². The number of nitrogens with zero attached hydrogens (tertiary/aromatic N) is 2. The van der Waals surface area contributed by atoms with Crippen LogP contribution in [-0.4, -0.2) is 34.2 Å². The van der Waals surface area contributed by atoms with Gasteiger partial charge in [-0.3, -0.25) is 14.3 Å². The molecule has 0 radical (unpaired) electrons. The molecule has 0 aliphatic heterocycles. The Morgan fingerprint density at radius 2 is 1.93 bits per heavy atom. The predicted octanol–water partition coefficient (Wildman–Crippen LogP) is 2.29. The van der Waals surface area contributed by atoms with Crippen molar-refractivity contribution in [3.05, 3.63) is 66.5 Å². The molecule has 0 saturated heterocycles. The van der Waals surface area contributed by atoms with E-state index in [-0.39, 0.29) is 18.2 Å². The normalized spacial score (nSPS) is 11.9. The fourth-order valence-electron chi connectivity index (χ4n) is 3.02. The molecule has 0 aliphatic carbocycles. The van der Waals surface area contributed by atoms with Crippen LogP contribution in [-0.2, 0) is 22.6 Å². The van der Waals surface area contributed by atoms with Crippen LogP contribution in [0, 0.1) is 0 Å². The standard InChI is InChI=1S/C21H24N4O2/c1-16(21(27)22-11-5-13-25-14-6-12-23-25)24-20(26)15-18-9-4-8-17-7-2-3-10-19(17)18/h2-4,6-10,12,14,16H,5,11,13,15H2,1H3,(H,22,27)(H,24,26)/t16-/m0/s1. The fraction of sp³-hybridized carbons (Fsp3) is 0.286. The summed E-state index contributed by atoms with van der Waals surface area (Å²) in [6, 6.07) is 15.2. The number of rotatable bonds is 8. The van der Waals surface area contributed by atoms with E-state index < -0.39 is 6.04 Å². The molecule has 1 heterocycles. The third-order valence-corrected chi connectivity index (χ3v) is 4.42. The summed E-state index contributed by atoms with van der Waals surface area (Å²) in [4.78, 5) is 24.5. The molecule has 0 unspecified atom stereocenters. The van der Waals surface area contributed by atoms with E-state index >= 15 is 0 Å². The van der Waals surface area contributed by atoms with Crippen molar-refractivity contribution < 1.29 is 9.59 Å². The Bertz CT molecular complexity index is 900. The number of hydrogen-bond donors (Lipinski definition) is 2. The Kier molecular flexibility index (Phi) is 6.20. The minimum absolute atomic E-state index is 0.162. The van der Waals surface area contributed by atoms with Crippen molar-refractivity contribution >= 4 is 22.6 Å². The first-order valence-corrected chi connectivity index (χ1v) is 9.14. The van der Waals surface area contributed by atoms with E-state index in [9.17, 15) is 9.59 Å². The van der Waals surface area contributed by atoms with Crippen molar-refractivity contribution in [1.82, 2.24) is 20.4 Å². The van der Waals surface area contributed by atoms with Gasteiger partial charge in [-0.05, 0) is 35.7 Å². The van der Waals surface area contributed by atoms with Gasteiger partial charge in [-0.2, -0.15) is 5.10 Å². The topological polar surface area (TPSA) is 76.0 Å². The van der Waals surface area contributed by atoms with Crippen LogP contribution in [0.2, 0.25) is 0 Å². The molecular weight excluding hydrogens is 340 g/mol. The lowest BCUT2D eigenvalue weighted by atomic mass is 10.0. The smallest absolute Gasteiger partial charge is 0.242 e. The second-order valence-corrected chi connectivity index (χ2v) is 6.52. The molecule has 27 heavy (non-hydrogen) atoms. The number of fused-ring (bicyclic) bond motifs is 1. The zero-order valence-corrected chi connectivity index (χ0v) is 15.4. The van der Waals surface area contributed by atoms with E-state index in [0.29, 0.717) is 6.54 Å². The molecule has 3 aromatic rings. The quantitative estimate of drug-likeness (QED) is 0.602. The minimum Gasteiger partial charge on any atom is -0.354 e. The van der Waals surface area contributed by atoms with Crippen LogP contribution in [0.1, 0.15) is 18.9 Å². The highest BCUT2D eigenvalue weighted by Gasteiger charge is 2.16. The maximum absolute atomic E-state index is 12.4. The molecule has 6 nitrogen and oxygen atoms in total. The molecule has 0 saturated carbocycles. The largest absolute Gasteiger partial charge is 0.354 e. The molecular formula is C21H24N4O2. The lowest BCUT2D eigenvalue weighted by Gasteiger charge is -2.15. The molecule has 2 aromatic carbocycles. The summed E-state index contributed by atoms with van der Waals surface area (Å²) in [5.74, 6) is -0.340. The number of carbonyl (C=O) groups excluding carboxylic acids is 2. The molecule has 1 atom stereocenters. The van der Waals surface area contributed by atoms with Gasteiger partial charge in [0.25, 0.3) is 0 Å². The Hall–Kier alpha value is -3.15. The van der Waals surface area contributed by atoms with E-state index in [0.717, 1.165) is 29.3 Å². The predicted molar refractivity (Wildman–Crippen MR) is 105 cm³/mol. The third-order valence-electron chi connectivity index (χ3n) is 4.42. The first-order chi connectivity index (χ1) is 13.1. The van der Waals surface area contributed by atoms with Gasteiger partial charge in [-0.25, -0.2) is 0 Å². The number of amides is 2. The highest BCUT2D eigenvalue weighted by molar-refractivity contribution is 5.92. The van der Waals surface area contributed by atoms with E-state index in [1.54, 1.807) is 13.1 Å². The van der Waals surface area contributed by atoms with Gasteiger partial charge in [0.2, 0.25) is 11.8 Å². The highest BCUT2D eigenvalue weighted by atomic mass is 16.2. The molecule has 0 bridgehead atoms. The Labute approximate surface area is 158 Å². The number of carbonyl (C=O) groups is 2. The molecule has 0 spiro atoms. The van der Waals surface area contributed by atoms with Crippen LogP contribution < -0.4 is 10.6 Å². The number of hydrogen-bond acceptors (Lipinski definition) is 3. The summed E-state index contributed by atoms with van der Waals surface area (Å²) in [5, 5.41) is 11.9. The van der Waals surface area contributed by atoms with Crippen LogP contribution in [0.5, 0.6) is 0 Å². The molecule has 1 aromatic heterocycles. The van der Waals surface area contributed by atoms with Crippen molar-refractivity contribution in [3.8, 4) is 0 Å². The van der Waals surface area contributed by atoms with Crippen molar-refractivity contribution in [2.75, 3.05) is 6.54 Å². The van der Waals surface area contributed by atoms with Gasteiger partial charge < -0.3 is 10.6 Å². The summed E-state index contributed by atoms with van der Waals surface area (Å²) in [6.07, 6.45) is 4.65. The molecule has 140 valence electrons. The van der Waals surface area contributed by atoms with Crippen molar-refractivity contribution in [3.63, 3.8) is 0 Å². The molecule has 6 heteroatoms. The van der Waals surface area contributed by atoms with E-state index in [2.05, 4.69) is 15.7 Å². The summed E-state index contributed by atoms with van der Waals surface area (Å²) < 4.78 is 1.82. The monoisotopic (exact) mass is 364 g/mol. The summed E-state index contributed by atoms with van der Waals surface area (Å²) in [5.41, 5.74) is 0.956. The number of nitrogens with one attached hydrogen (secondary N) is 2. The third kappa shape index (κ3) is 5.17. The van der Waals surface area contributed by atoms with Crippen molar-refractivity contribution in [2.24, 2.45) is 0 Å². The Balaban J connectivity index is 1.46. The molecule has 2 N–H and O–H groups in total. The summed E-state index contributed by atoms with van der Waals surface area (Å²) in [7, 11) is 0. The second kappa shape index (κ2) is 8.98. The van der Waals surface area contributed by atoms with Gasteiger partial charge in [0.05, 0.1) is 6.42 Å². The molecule has 0 fully saturated rings. The maximum Gasteiger partial charge on any atom is 0.242 e. The van der Waals surface area contributed by atoms with E-state index in [1.165, 1.54) is 0 Å². The zero-order valence-electron chi connectivity index (χ0n) is 15.4. The average Bonchev–Trinajstić information content (AvgIpc) is 3.19. The molecule has 2 amide bonds. The van der Waals surface area contributed by atoms with Gasteiger partial charge in [-0.1, -0.05) is 42.5 Å². The van der Waals surface area contributed by atoms with Crippen LogP contribution in [0.25, 0.3) is 10.8 Å². The summed E-state index contributed by atoms with van der Waals surface area (Å²) in [6.45, 7) is 2.99. The minimum atomic E-state index is -0.572. The summed E-state index contributed by atoms with van der Waals surface area (Å²) >= 11 is 0. The maximum atomic E-state index is 12.4. The van der Waals surface area contributed by atoms with Crippen LogP contribution in [0.15, 0.2) is 60.9 Å². The number of aryl methyl sites for hydroxylation is 1. The van der Waals surface area contributed by atoms with Crippen LogP contribution in [0.4, 0.5) is 0 Å². The van der Waals surface area contributed by atoms with Crippen LogP contribution in [0.3, 0.4) is 0 Å². The first kappa shape index (κ1) is 18.6. The molecule has 3 rings (SSSR count). The van der Waals surface area contributed by atoms with Crippen molar-refractivity contribution in [2.45, 2.75) is 32.4 Å². The lowest BCUT2D eigenvalue weighted by molar-refractivity contribution is -0.128. The SMILES string of the molecule is C[C@H](NC(=O)Cc1cccc2ccccc12)C(=O)NCCCn1cccn1. The Morgan fingerprint density at radius 1 is 1.11 bits per heavy atom. The van der Waals surface area contributed by atoms with Gasteiger partial charge >= 0.3 is 0 Å². The zero-order chi connectivity index (χ0) is 19.1. The fourth-order valence-corrected chi connectivity index (χ4v) is 3.02. The number of aromatic nitrogens is 2.